The van der Waals surface area contributed by atoms with Crippen LogP contribution in [0.3, 0.4) is 0 Å². The van der Waals surface area contributed by atoms with Gasteiger partial charge in [-0.2, -0.15) is 0 Å². The van der Waals surface area contributed by atoms with Gasteiger partial charge in [-0.05, 0) is 25.0 Å². The molecule has 2 rings (SSSR count). The van der Waals surface area contributed by atoms with Gasteiger partial charge < -0.3 is 5.11 Å². The molecular weight excluding hydrogens is 216 g/mol. The van der Waals surface area contributed by atoms with Gasteiger partial charge in [0.1, 0.15) is 0 Å². The minimum Gasteiger partial charge on any atom is -0.396 e. The molecule has 0 radical (unpaired) electrons. The summed E-state index contributed by atoms with van der Waals surface area (Å²) in [5, 5.41) is 16.8. The Kier molecular flexibility index (Phi) is 4.21. The van der Waals surface area contributed by atoms with Crippen LogP contribution in [0, 0.1) is 0 Å². The molecule has 17 heavy (non-hydrogen) atoms. The van der Waals surface area contributed by atoms with E-state index in [4.69, 9.17) is 5.11 Å². The van der Waals surface area contributed by atoms with Gasteiger partial charge in [-0.15, -0.1) is 5.10 Å². The second-order valence-electron chi connectivity index (χ2n) is 3.87. The van der Waals surface area contributed by atoms with Crippen LogP contribution in [0.1, 0.15) is 17.8 Å². The van der Waals surface area contributed by atoms with Gasteiger partial charge in [0, 0.05) is 37.7 Å². The van der Waals surface area contributed by atoms with Crippen molar-refractivity contribution in [2.75, 3.05) is 6.61 Å². The second-order valence-corrected chi connectivity index (χ2v) is 3.87. The van der Waals surface area contributed by atoms with E-state index in [1.54, 1.807) is 6.20 Å². The Balaban J connectivity index is 1.85. The fourth-order valence-corrected chi connectivity index (χ4v) is 1.60. The zero-order chi connectivity index (χ0) is 11.9. The maximum Gasteiger partial charge on any atom is 0.0828 e. The molecule has 0 aliphatic rings. The van der Waals surface area contributed by atoms with E-state index in [1.807, 2.05) is 29.1 Å². The van der Waals surface area contributed by atoms with Gasteiger partial charge in [0.2, 0.25) is 0 Å². The van der Waals surface area contributed by atoms with E-state index in [-0.39, 0.29) is 6.61 Å². The van der Waals surface area contributed by atoms with E-state index in [0.29, 0.717) is 0 Å². The normalized spacial score (nSPS) is 10.6. The summed E-state index contributed by atoms with van der Waals surface area (Å²) in [5.74, 6) is 0. The van der Waals surface area contributed by atoms with Crippen molar-refractivity contribution in [2.45, 2.75) is 25.8 Å². The van der Waals surface area contributed by atoms with Crippen LogP contribution in [0.25, 0.3) is 0 Å². The number of pyridine rings is 1. The van der Waals surface area contributed by atoms with Gasteiger partial charge in [0.05, 0.1) is 5.69 Å². The molecule has 2 heterocycles. The Morgan fingerprint density at radius 3 is 2.88 bits per heavy atom. The minimum atomic E-state index is 0.195. The topological polar surface area (TPSA) is 63.8 Å². The number of aliphatic hydroxyl groups is 1. The van der Waals surface area contributed by atoms with E-state index in [9.17, 15) is 0 Å². The third-order valence-corrected chi connectivity index (χ3v) is 2.50. The molecule has 0 bridgehead atoms. The van der Waals surface area contributed by atoms with Crippen molar-refractivity contribution >= 4 is 0 Å². The molecule has 5 heteroatoms. The van der Waals surface area contributed by atoms with E-state index in [2.05, 4.69) is 15.3 Å². The average Bonchev–Trinajstić information content (AvgIpc) is 2.83. The van der Waals surface area contributed by atoms with Crippen LogP contribution in [0.2, 0.25) is 0 Å². The number of rotatable bonds is 6. The van der Waals surface area contributed by atoms with Crippen LogP contribution in [0.5, 0.6) is 0 Å². The molecule has 0 aromatic carbocycles. The summed E-state index contributed by atoms with van der Waals surface area (Å²) in [5.41, 5.74) is 1.99. The summed E-state index contributed by atoms with van der Waals surface area (Å²) in [7, 11) is 0. The molecular formula is C12H16N4O. The van der Waals surface area contributed by atoms with Crippen LogP contribution in [0.4, 0.5) is 0 Å². The highest BCUT2D eigenvalue weighted by molar-refractivity contribution is 5.03. The Morgan fingerprint density at radius 1 is 1.18 bits per heavy atom. The van der Waals surface area contributed by atoms with Gasteiger partial charge in [-0.25, -0.2) is 0 Å². The Morgan fingerprint density at radius 2 is 2.12 bits per heavy atom. The zero-order valence-electron chi connectivity index (χ0n) is 9.66. The van der Waals surface area contributed by atoms with E-state index < -0.39 is 0 Å². The van der Waals surface area contributed by atoms with E-state index >= 15 is 0 Å². The molecule has 0 fully saturated rings. The highest BCUT2D eigenvalue weighted by atomic mass is 16.2. The van der Waals surface area contributed by atoms with Crippen LogP contribution in [-0.4, -0.2) is 31.7 Å². The molecule has 0 saturated carbocycles. The first kappa shape index (κ1) is 11.7. The monoisotopic (exact) mass is 232 g/mol. The van der Waals surface area contributed by atoms with Crippen molar-refractivity contribution < 1.29 is 5.11 Å². The summed E-state index contributed by atoms with van der Waals surface area (Å²) in [4.78, 5) is 4.26. The quantitative estimate of drug-likeness (QED) is 0.801. The Hall–Kier alpha value is -1.75. The lowest BCUT2D eigenvalue weighted by atomic mass is 10.2. The molecule has 2 aromatic heterocycles. The lowest BCUT2D eigenvalue weighted by Gasteiger charge is -1.99. The first-order valence-electron chi connectivity index (χ1n) is 5.78. The number of nitrogens with zero attached hydrogens (tertiary/aromatic N) is 4. The molecule has 90 valence electrons. The maximum atomic E-state index is 8.72. The number of hydrogen-bond donors (Lipinski definition) is 1. The van der Waals surface area contributed by atoms with Crippen LogP contribution in [0.15, 0.2) is 30.6 Å². The summed E-state index contributed by atoms with van der Waals surface area (Å²) in [6, 6.07) is 5.89. The first-order chi connectivity index (χ1) is 8.38. The molecule has 0 amide bonds. The summed E-state index contributed by atoms with van der Waals surface area (Å²) in [6.45, 7) is 0.976. The Labute approximate surface area is 100 Å². The van der Waals surface area contributed by atoms with E-state index in [1.165, 1.54) is 0 Å². The molecule has 0 atom stereocenters. The average molecular weight is 232 g/mol. The van der Waals surface area contributed by atoms with Crippen LogP contribution >= 0.6 is 0 Å². The van der Waals surface area contributed by atoms with Crippen molar-refractivity contribution in [3.63, 3.8) is 0 Å². The second kappa shape index (κ2) is 6.10. The van der Waals surface area contributed by atoms with Gasteiger partial charge >= 0.3 is 0 Å². The smallest absolute Gasteiger partial charge is 0.0828 e. The Bertz CT molecular complexity index is 441. The lowest BCUT2D eigenvalue weighted by Crippen LogP contribution is -2.03. The van der Waals surface area contributed by atoms with Crippen LogP contribution < -0.4 is 0 Å². The third kappa shape index (κ3) is 3.64. The number of aryl methyl sites for hydroxylation is 3. The molecule has 2 aromatic rings. The summed E-state index contributed by atoms with van der Waals surface area (Å²) in [6.07, 6.45) is 6.09. The van der Waals surface area contributed by atoms with Gasteiger partial charge in [-0.3, -0.25) is 9.67 Å². The molecule has 0 spiro atoms. The molecule has 0 saturated heterocycles. The minimum absolute atomic E-state index is 0.195. The largest absolute Gasteiger partial charge is 0.396 e. The standard InChI is InChI=1S/C12H16N4O/c17-9-3-5-12-10-16(15-14-12)8-6-11-4-1-2-7-13-11/h1-2,4,7,10,17H,3,5-6,8-9H2. The van der Waals surface area contributed by atoms with Crippen molar-refractivity contribution in [3.05, 3.63) is 42.0 Å². The molecule has 0 unspecified atom stereocenters. The number of hydrogen-bond acceptors (Lipinski definition) is 4. The SMILES string of the molecule is OCCCc1cn(CCc2ccccn2)nn1. The summed E-state index contributed by atoms with van der Waals surface area (Å²) >= 11 is 0. The maximum absolute atomic E-state index is 8.72. The molecule has 0 aliphatic carbocycles. The van der Waals surface area contributed by atoms with Crippen molar-refractivity contribution in [3.8, 4) is 0 Å². The van der Waals surface area contributed by atoms with Gasteiger partial charge in [0.15, 0.2) is 0 Å². The third-order valence-electron chi connectivity index (χ3n) is 2.50. The highest BCUT2D eigenvalue weighted by Crippen LogP contribution is 2.00. The number of aliphatic hydroxyl groups excluding tert-OH is 1. The molecule has 5 nitrogen and oxygen atoms in total. The van der Waals surface area contributed by atoms with Gasteiger partial charge in [0.25, 0.3) is 0 Å². The van der Waals surface area contributed by atoms with Crippen molar-refractivity contribution in [1.82, 2.24) is 20.0 Å². The molecule has 1 N–H and O–H groups in total. The lowest BCUT2D eigenvalue weighted by molar-refractivity contribution is 0.288. The van der Waals surface area contributed by atoms with Crippen molar-refractivity contribution in [2.24, 2.45) is 0 Å². The predicted octanol–water partition coefficient (Wildman–Crippen LogP) is 0.841. The fourth-order valence-electron chi connectivity index (χ4n) is 1.60. The zero-order valence-corrected chi connectivity index (χ0v) is 9.66. The number of aromatic nitrogens is 4. The summed E-state index contributed by atoms with van der Waals surface area (Å²) < 4.78 is 1.82. The highest BCUT2D eigenvalue weighted by Gasteiger charge is 2.01. The fraction of sp³-hybridized carbons (Fsp3) is 0.417. The van der Waals surface area contributed by atoms with Gasteiger partial charge in [-0.1, -0.05) is 11.3 Å². The van der Waals surface area contributed by atoms with Crippen LogP contribution in [-0.2, 0) is 19.4 Å². The first-order valence-corrected chi connectivity index (χ1v) is 5.78. The van der Waals surface area contributed by atoms with E-state index in [0.717, 1.165) is 37.2 Å². The predicted molar refractivity (Wildman–Crippen MR) is 63.4 cm³/mol. The molecule has 0 aliphatic heterocycles. The van der Waals surface area contributed by atoms with Crippen molar-refractivity contribution in [1.29, 1.82) is 0 Å².